The predicted octanol–water partition coefficient (Wildman–Crippen LogP) is 2.31. The van der Waals surface area contributed by atoms with Gasteiger partial charge in [-0.25, -0.2) is 0 Å². The Morgan fingerprint density at radius 3 is 2.29 bits per heavy atom. The molecule has 0 saturated heterocycles. The van der Waals surface area contributed by atoms with Gasteiger partial charge in [-0.05, 0) is 36.8 Å². The Hall–Kier alpha value is -2.10. The number of ether oxygens (including phenoxy) is 1. The highest BCUT2D eigenvalue weighted by atomic mass is 19.0. The van der Waals surface area contributed by atoms with Gasteiger partial charge in [-0.3, -0.25) is 14.1 Å². The smallest absolute Gasteiger partial charge is 0.255 e. The van der Waals surface area contributed by atoms with E-state index in [9.17, 15) is 4.79 Å². The van der Waals surface area contributed by atoms with E-state index in [-0.39, 0.29) is 10.3 Å². The molecule has 0 N–H and O–H groups in total. The van der Waals surface area contributed by atoms with Crippen LogP contribution in [0.15, 0.2) is 47.4 Å². The predicted molar refractivity (Wildman–Crippen MR) is 65.8 cm³/mol. The van der Waals surface area contributed by atoms with Crippen molar-refractivity contribution in [2.24, 2.45) is 0 Å². The summed E-state index contributed by atoms with van der Waals surface area (Å²) >= 11 is 0. The van der Waals surface area contributed by atoms with Gasteiger partial charge in [0.25, 0.3) is 5.56 Å². The number of aromatic nitrogens is 1. The van der Waals surface area contributed by atoms with Crippen LogP contribution in [-0.4, -0.2) is 11.7 Å². The largest absolute Gasteiger partial charge is 0.497 e. The van der Waals surface area contributed by atoms with Gasteiger partial charge < -0.3 is 4.74 Å². The topological polar surface area (TPSA) is 31.2 Å². The molecule has 1 aromatic carbocycles. The standard InChI is InChI=1S/C13H13NO2.FH/c1-10-3-8-13(15)14(9-10)11-4-6-12(16-2)7-5-11;/h3-9H,1-2H3;1H. The Balaban J connectivity index is 0.00000144. The summed E-state index contributed by atoms with van der Waals surface area (Å²) < 4.78 is 6.69. The van der Waals surface area contributed by atoms with Gasteiger partial charge in [0.2, 0.25) is 0 Å². The maximum atomic E-state index is 11.7. The summed E-state index contributed by atoms with van der Waals surface area (Å²) in [6, 6.07) is 10.8. The van der Waals surface area contributed by atoms with E-state index in [4.69, 9.17) is 4.74 Å². The molecule has 3 nitrogen and oxygen atoms in total. The van der Waals surface area contributed by atoms with E-state index in [1.165, 1.54) is 0 Å². The normalized spacial score (nSPS) is 9.53. The van der Waals surface area contributed by atoms with Crippen molar-refractivity contribution in [1.29, 1.82) is 0 Å². The summed E-state index contributed by atoms with van der Waals surface area (Å²) in [6.07, 6.45) is 1.82. The number of halogens is 1. The van der Waals surface area contributed by atoms with Gasteiger partial charge in [-0.1, -0.05) is 6.07 Å². The van der Waals surface area contributed by atoms with Gasteiger partial charge in [0, 0.05) is 18.0 Å². The van der Waals surface area contributed by atoms with Gasteiger partial charge in [-0.2, -0.15) is 0 Å². The van der Waals surface area contributed by atoms with Crippen molar-refractivity contribution >= 4 is 0 Å². The molecule has 17 heavy (non-hydrogen) atoms. The first-order chi connectivity index (χ1) is 7.70. The molecule has 0 aliphatic carbocycles. The zero-order chi connectivity index (χ0) is 11.5. The summed E-state index contributed by atoms with van der Waals surface area (Å²) in [5, 5.41) is 0. The molecule has 1 heterocycles. The molecule has 90 valence electrons. The van der Waals surface area contributed by atoms with Crippen LogP contribution < -0.4 is 10.3 Å². The monoisotopic (exact) mass is 235 g/mol. The molecule has 4 heteroatoms. The van der Waals surface area contributed by atoms with Crippen molar-refractivity contribution in [3.05, 3.63) is 58.5 Å². The summed E-state index contributed by atoms with van der Waals surface area (Å²) in [5.74, 6) is 0.782. The van der Waals surface area contributed by atoms with Crippen LogP contribution in [0.25, 0.3) is 5.69 Å². The van der Waals surface area contributed by atoms with Crippen LogP contribution in [0, 0.1) is 6.92 Å². The Bertz CT molecular complexity index is 546. The van der Waals surface area contributed by atoms with Crippen molar-refractivity contribution in [2.45, 2.75) is 6.92 Å². The molecule has 0 fully saturated rings. The molecule has 0 atom stereocenters. The lowest BCUT2D eigenvalue weighted by atomic mass is 10.2. The maximum absolute atomic E-state index is 11.7. The number of hydrogen-bond acceptors (Lipinski definition) is 2. The Kier molecular flexibility index (Phi) is 4.04. The Labute approximate surface area is 98.7 Å². The first-order valence-corrected chi connectivity index (χ1v) is 5.04. The van der Waals surface area contributed by atoms with Gasteiger partial charge in [0.05, 0.1) is 7.11 Å². The molecule has 2 aromatic rings. The fraction of sp³-hybridized carbons (Fsp3) is 0.154. The quantitative estimate of drug-likeness (QED) is 0.799. The number of benzene rings is 1. The van der Waals surface area contributed by atoms with E-state index >= 15 is 0 Å². The minimum Gasteiger partial charge on any atom is -0.497 e. The molecule has 0 amide bonds. The van der Waals surface area contributed by atoms with E-state index in [0.717, 1.165) is 17.0 Å². The van der Waals surface area contributed by atoms with E-state index < -0.39 is 0 Å². The molecule has 0 radical (unpaired) electrons. The van der Waals surface area contributed by atoms with E-state index in [1.807, 2.05) is 43.5 Å². The van der Waals surface area contributed by atoms with Crippen molar-refractivity contribution in [3.8, 4) is 11.4 Å². The van der Waals surface area contributed by atoms with Crippen LogP contribution in [0.2, 0.25) is 0 Å². The number of pyridine rings is 1. The highest BCUT2D eigenvalue weighted by Crippen LogP contribution is 2.13. The molecule has 0 spiro atoms. The molecule has 1 aromatic heterocycles. The number of hydrogen-bond donors (Lipinski definition) is 0. The fourth-order valence-electron chi connectivity index (χ4n) is 1.54. The average molecular weight is 235 g/mol. The first kappa shape index (κ1) is 13.0. The fourth-order valence-corrected chi connectivity index (χ4v) is 1.54. The highest BCUT2D eigenvalue weighted by Gasteiger charge is 1.99. The number of methoxy groups -OCH3 is 1. The Morgan fingerprint density at radius 2 is 1.71 bits per heavy atom. The van der Waals surface area contributed by atoms with Crippen molar-refractivity contribution in [2.75, 3.05) is 7.11 Å². The average Bonchev–Trinajstić information content (AvgIpc) is 2.32. The van der Waals surface area contributed by atoms with E-state index in [1.54, 1.807) is 17.7 Å². The van der Waals surface area contributed by atoms with Gasteiger partial charge in [0.1, 0.15) is 5.75 Å². The molecule has 2 rings (SSSR count). The lowest BCUT2D eigenvalue weighted by Crippen LogP contribution is -2.16. The minimum absolute atomic E-state index is 0. The molecule has 0 saturated carbocycles. The summed E-state index contributed by atoms with van der Waals surface area (Å²) in [6.45, 7) is 1.96. The van der Waals surface area contributed by atoms with Gasteiger partial charge in [-0.15, -0.1) is 0 Å². The second kappa shape index (κ2) is 5.30. The molecular formula is C13H14FNO2. The third-order valence-electron chi connectivity index (χ3n) is 2.41. The zero-order valence-corrected chi connectivity index (χ0v) is 9.71. The minimum atomic E-state index is -0.0317. The summed E-state index contributed by atoms with van der Waals surface area (Å²) in [7, 11) is 1.62. The van der Waals surface area contributed by atoms with Crippen LogP contribution in [0.5, 0.6) is 5.75 Å². The van der Waals surface area contributed by atoms with Crippen LogP contribution in [-0.2, 0) is 0 Å². The van der Waals surface area contributed by atoms with Gasteiger partial charge in [0.15, 0.2) is 0 Å². The molecule has 0 aliphatic heterocycles. The highest BCUT2D eigenvalue weighted by molar-refractivity contribution is 5.38. The first-order valence-electron chi connectivity index (χ1n) is 5.04. The van der Waals surface area contributed by atoms with Crippen LogP contribution in [0.4, 0.5) is 4.70 Å². The van der Waals surface area contributed by atoms with E-state index in [0.29, 0.717) is 0 Å². The zero-order valence-electron chi connectivity index (χ0n) is 9.71. The number of aryl methyl sites for hydroxylation is 1. The lowest BCUT2D eigenvalue weighted by molar-refractivity contribution is 0.414. The van der Waals surface area contributed by atoms with E-state index in [2.05, 4.69) is 0 Å². The van der Waals surface area contributed by atoms with Crippen molar-refractivity contribution in [1.82, 2.24) is 4.57 Å². The van der Waals surface area contributed by atoms with Crippen molar-refractivity contribution < 1.29 is 9.44 Å². The van der Waals surface area contributed by atoms with Crippen LogP contribution in [0.3, 0.4) is 0 Å². The van der Waals surface area contributed by atoms with Crippen LogP contribution >= 0.6 is 0 Å². The third-order valence-corrected chi connectivity index (χ3v) is 2.41. The molecule has 0 aliphatic rings. The summed E-state index contributed by atoms with van der Waals surface area (Å²) in [4.78, 5) is 11.7. The second-order valence-electron chi connectivity index (χ2n) is 3.61. The summed E-state index contributed by atoms with van der Waals surface area (Å²) in [5.41, 5.74) is 1.86. The maximum Gasteiger partial charge on any atom is 0.255 e. The molecule has 0 unspecified atom stereocenters. The molecule has 0 bridgehead atoms. The SMILES string of the molecule is COc1ccc(-n2cc(C)ccc2=O)cc1.F. The third kappa shape index (κ3) is 2.72. The van der Waals surface area contributed by atoms with Gasteiger partial charge >= 0.3 is 0 Å². The number of nitrogens with zero attached hydrogens (tertiary/aromatic N) is 1. The van der Waals surface area contributed by atoms with Crippen molar-refractivity contribution in [3.63, 3.8) is 0 Å². The lowest BCUT2D eigenvalue weighted by Gasteiger charge is -2.07. The second-order valence-corrected chi connectivity index (χ2v) is 3.61. The Morgan fingerprint density at radius 1 is 1.06 bits per heavy atom. The number of rotatable bonds is 2. The van der Waals surface area contributed by atoms with Crippen LogP contribution in [0.1, 0.15) is 5.56 Å². The molecular weight excluding hydrogens is 221 g/mol.